The third kappa shape index (κ3) is 4.72. The van der Waals surface area contributed by atoms with Crippen LogP contribution in [0.4, 0.5) is 0 Å². The number of hydrogen-bond donors (Lipinski definition) is 0. The lowest BCUT2D eigenvalue weighted by Crippen LogP contribution is -2.14. The van der Waals surface area contributed by atoms with Crippen LogP contribution in [0.5, 0.6) is 0 Å². The molecule has 0 fully saturated rings. The molecule has 0 amide bonds. The second-order valence-electron chi connectivity index (χ2n) is 16.0. The van der Waals surface area contributed by atoms with E-state index >= 15 is 0 Å². The van der Waals surface area contributed by atoms with Gasteiger partial charge >= 0.3 is 0 Å². The van der Waals surface area contributed by atoms with E-state index in [0.29, 0.717) is 5.92 Å². The van der Waals surface area contributed by atoms with E-state index in [2.05, 4.69) is 177 Å². The highest BCUT2D eigenvalue weighted by Crippen LogP contribution is 2.54. The topological polar surface area (TPSA) is 0 Å². The molecule has 2 heterocycles. The maximum atomic E-state index is 2.56. The van der Waals surface area contributed by atoms with Crippen LogP contribution in [-0.4, -0.2) is 0 Å². The van der Waals surface area contributed by atoms with Crippen molar-refractivity contribution >= 4 is 72.3 Å². The zero-order valence-electron chi connectivity index (χ0n) is 30.7. The minimum atomic E-state index is -0.114. The van der Waals surface area contributed by atoms with Crippen molar-refractivity contribution in [2.75, 3.05) is 0 Å². The van der Waals surface area contributed by atoms with Gasteiger partial charge in [0.25, 0.3) is 0 Å². The van der Waals surface area contributed by atoms with Gasteiger partial charge in [-0.25, -0.2) is 0 Å². The summed E-state index contributed by atoms with van der Waals surface area (Å²) in [6, 6.07) is 55.5. The highest BCUT2D eigenvalue weighted by Gasteiger charge is 2.36. The summed E-state index contributed by atoms with van der Waals surface area (Å²) < 4.78 is 0. The maximum absolute atomic E-state index is 2.56. The molecule has 8 aromatic carbocycles. The van der Waals surface area contributed by atoms with Crippen molar-refractivity contribution in [1.82, 2.24) is 0 Å². The van der Waals surface area contributed by atoms with Crippen molar-refractivity contribution in [1.29, 1.82) is 0 Å². The van der Waals surface area contributed by atoms with Gasteiger partial charge in [0.2, 0.25) is 0 Å². The Morgan fingerprint density at radius 2 is 1.16 bits per heavy atom. The van der Waals surface area contributed by atoms with E-state index in [1.807, 2.05) is 23.1 Å². The maximum Gasteiger partial charge on any atom is 0.0352 e. The number of allylic oxidation sites excluding steroid dienone is 2. The standard InChI is InChI=1S/C53H36S2/c1-53(2)46-14-8-7-13-40(46)42-29-44-45(30-47(42)53)52(38-18-16-32-10-4-6-12-34(32)24-38)43-25-35(49-28-39-27-48-36(21-22-54-48)26-50(39)55-49)19-20-41(43)51(44)37-17-15-31-9-3-5-11-33(31)23-37/h3-25,27-30,36H,26H2,1-2H3. The lowest BCUT2D eigenvalue weighted by atomic mass is 9.79. The fourth-order valence-electron chi connectivity index (χ4n) is 9.81. The van der Waals surface area contributed by atoms with Gasteiger partial charge in [0.15, 0.2) is 0 Å². The molecule has 0 spiro atoms. The van der Waals surface area contributed by atoms with Crippen LogP contribution in [0.1, 0.15) is 35.4 Å². The van der Waals surface area contributed by atoms with Crippen LogP contribution < -0.4 is 0 Å². The largest absolute Gasteiger partial charge is 0.140 e. The molecule has 0 bridgehead atoms. The van der Waals surface area contributed by atoms with E-state index in [9.17, 15) is 0 Å². The predicted molar refractivity (Wildman–Crippen MR) is 240 cm³/mol. The Kier molecular flexibility index (Phi) is 6.72. The zero-order chi connectivity index (χ0) is 36.4. The first-order valence-corrected chi connectivity index (χ1v) is 21.0. The fourth-order valence-corrected chi connectivity index (χ4v) is 12.0. The summed E-state index contributed by atoms with van der Waals surface area (Å²) in [5.74, 6) is 0.535. The third-order valence-electron chi connectivity index (χ3n) is 12.6. The van der Waals surface area contributed by atoms with Crippen LogP contribution in [0.2, 0.25) is 0 Å². The summed E-state index contributed by atoms with van der Waals surface area (Å²) in [5.41, 5.74) is 13.2. The number of benzene rings is 8. The first kappa shape index (κ1) is 31.7. The summed E-state index contributed by atoms with van der Waals surface area (Å²) in [6.07, 6.45) is 5.91. The molecule has 2 aliphatic carbocycles. The number of thiophene rings is 1. The van der Waals surface area contributed by atoms with Crippen molar-refractivity contribution in [2.24, 2.45) is 5.92 Å². The van der Waals surface area contributed by atoms with Gasteiger partial charge in [-0.1, -0.05) is 129 Å². The summed E-state index contributed by atoms with van der Waals surface area (Å²) in [7, 11) is 0. The molecular weight excluding hydrogens is 701 g/mol. The normalized spacial score (nSPS) is 16.4. The zero-order valence-corrected chi connectivity index (χ0v) is 32.3. The summed E-state index contributed by atoms with van der Waals surface area (Å²) in [6.45, 7) is 4.80. The summed E-state index contributed by atoms with van der Waals surface area (Å²) >= 11 is 3.86. The fraction of sp³-hybridized carbons (Fsp3) is 0.0943. The highest BCUT2D eigenvalue weighted by atomic mass is 32.2. The Hall–Kier alpha value is -5.67. The first-order chi connectivity index (χ1) is 27.0. The predicted octanol–water partition coefficient (Wildman–Crippen LogP) is 15.4. The van der Waals surface area contributed by atoms with Gasteiger partial charge < -0.3 is 0 Å². The van der Waals surface area contributed by atoms with Crippen LogP contribution >= 0.6 is 23.1 Å². The average molecular weight is 737 g/mol. The van der Waals surface area contributed by atoms with E-state index in [1.54, 1.807) is 0 Å². The molecule has 9 aromatic rings. The van der Waals surface area contributed by atoms with Crippen LogP contribution in [0.3, 0.4) is 0 Å². The van der Waals surface area contributed by atoms with Crippen LogP contribution in [0.25, 0.3) is 93.0 Å². The molecule has 0 radical (unpaired) electrons. The molecule has 0 nitrogen and oxygen atoms in total. The van der Waals surface area contributed by atoms with E-state index in [4.69, 9.17) is 0 Å². The van der Waals surface area contributed by atoms with Gasteiger partial charge in [-0.3, -0.25) is 0 Å². The Balaban J connectivity index is 1.21. The van der Waals surface area contributed by atoms with Gasteiger partial charge in [0.1, 0.15) is 0 Å². The number of rotatable bonds is 3. The molecule has 260 valence electrons. The van der Waals surface area contributed by atoms with Gasteiger partial charge in [-0.15, -0.1) is 23.1 Å². The van der Waals surface area contributed by atoms with Crippen LogP contribution in [-0.2, 0) is 11.8 Å². The summed E-state index contributed by atoms with van der Waals surface area (Å²) in [5, 5.41) is 12.5. The smallest absolute Gasteiger partial charge is 0.0352 e. The SMILES string of the molecule is CC1(C)c2ccccc2-c2cc3c(-c4ccc5ccccc5c4)c4ccc(-c5cc6c(s5)CC5C=CSC5=C6)cc4c(-c4ccc5ccccc5c4)c3cc21. The summed E-state index contributed by atoms with van der Waals surface area (Å²) in [4.78, 5) is 4.33. The molecule has 1 aromatic heterocycles. The Morgan fingerprint density at radius 1 is 0.527 bits per heavy atom. The van der Waals surface area contributed by atoms with Crippen molar-refractivity contribution in [2.45, 2.75) is 25.7 Å². The molecule has 0 saturated heterocycles. The molecule has 1 aliphatic heterocycles. The molecule has 0 N–H and O–H groups in total. The lowest BCUT2D eigenvalue weighted by Gasteiger charge is -2.24. The van der Waals surface area contributed by atoms with E-state index in [1.165, 1.54) is 113 Å². The van der Waals surface area contributed by atoms with E-state index in [-0.39, 0.29) is 5.41 Å². The van der Waals surface area contributed by atoms with Gasteiger partial charge in [0, 0.05) is 21.1 Å². The Bertz CT molecular complexity index is 3190. The molecule has 2 heteroatoms. The lowest BCUT2D eigenvalue weighted by molar-refractivity contribution is 0.661. The van der Waals surface area contributed by atoms with Crippen molar-refractivity contribution in [3.05, 3.63) is 184 Å². The van der Waals surface area contributed by atoms with Crippen LogP contribution in [0.15, 0.2) is 162 Å². The van der Waals surface area contributed by atoms with Gasteiger partial charge in [-0.05, 0) is 158 Å². The van der Waals surface area contributed by atoms with Crippen molar-refractivity contribution in [3.63, 3.8) is 0 Å². The monoisotopic (exact) mass is 736 g/mol. The second-order valence-corrected chi connectivity index (χ2v) is 18.2. The molecule has 12 rings (SSSR count). The highest BCUT2D eigenvalue weighted by molar-refractivity contribution is 8.06. The molecule has 3 aliphatic rings. The molecule has 1 atom stereocenters. The Labute approximate surface area is 329 Å². The molecular formula is C53H36S2. The number of thioether (sulfide) groups is 1. The van der Waals surface area contributed by atoms with E-state index in [0.717, 1.165) is 6.42 Å². The van der Waals surface area contributed by atoms with Crippen molar-refractivity contribution in [3.8, 4) is 43.8 Å². The Morgan fingerprint density at radius 3 is 1.93 bits per heavy atom. The molecule has 1 unspecified atom stereocenters. The van der Waals surface area contributed by atoms with Gasteiger partial charge in [-0.2, -0.15) is 0 Å². The average Bonchev–Trinajstić information content (AvgIpc) is 3.92. The molecule has 55 heavy (non-hydrogen) atoms. The van der Waals surface area contributed by atoms with Gasteiger partial charge in [0.05, 0.1) is 0 Å². The van der Waals surface area contributed by atoms with Crippen LogP contribution in [0, 0.1) is 5.92 Å². The first-order valence-electron chi connectivity index (χ1n) is 19.3. The van der Waals surface area contributed by atoms with E-state index < -0.39 is 0 Å². The third-order valence-corrected chi connectivity index (χ3v) is 14.8. The number of fused-ring (bicyclic) bond motifs is 9. The second kappa shape index (κ2) is 11.7. The van der Waals surface area contributed by atoms with Crippen molar-refractivity contribution < 1.29 is 0 Å². The minimum Gasteiger partial charge on any atom is -0.140 e. The molecule has 0 saturated carbocycles. The number of hydrogen-bond acceptors (Lipinski definition) is 2. The quantitative estimate of drug-likeness (QED) is 0.163. The minimum absolute atomic E-state index is 0.114.